The number of thiazole rings is 1. The van der Waals surface area contributed by atoms with Gasteiger partial charge in [-0.1, -0.05) is 51.1 Å². The summed E-state index contributed by atoms with van der Waals surface area (Å²) in [6.07, 6.45) is 0.106. The van der Waals surface area contributed by atoms with Crippen LogP contribution in [0.2, 0.25) is 0 Å². The molecule has 1 unspecified atom stereocenters. The summed E-state index contributed by atoms with van der Waals surface area (Å²) in [6, 6.07) is 10.2. The predicted octanol–water partition coefficient (Wildman–Crippen LogP) is 4.15. The van der Waals surface area contributed by atoms with Crippen molar-refractivity contribution >= 4 is 41.3 Å². The van der Waals surface area contributed by atoms with E-state index >= 15 is 0 Å². The lowest BCUT2D eigenvalue weighted by Gasteiger charge is -2.30. The van der Waals surface area contributed by atoms with Crippen molar-refractivity contribution in [2.24, 2.45) is 10.4 Å². The number of aromatic nitrogens is 1. The number of nitrogens with zero attached hydrogens (tertiary/aromatic N) is 2. The number of nitrogens with one attached hydrogen (secondary N) is 2. The monoisotopic (exact) mass is 488 g/mol. The molecule has 0 fully saturated rings. The van der Waals surface area contributed by atoms with Crippen LogP contribution in [0, 0.1) is 5.41 Å². The summed E-state index contributed by atoms with van der Waals surface area (Å²) >= 11 is 1.66. The van der Waals surface area contributed by atoms with Crippen LogP contribution in [0.5, 0.6) is 0 Å². The molecule has 2 N–H and O–H groups in total. The number of halogens is 1. The van der Waals surface area contributed by atoms with E-state index in [4.69, 9.17) is 4.74 Å². The van der Waals surface area contributed by atoms with E-state index in [0.717, 1.165) is 22.2 Å². The minimum atomic E-state index is 0. The Hall–Kier alpha value is -1.19. The molecular weight excluding hydrogens is 459 g/mol. The van der Waals surface area contributed by atoms with E-state index < -0.39 is 0 Å². The van der Waals surface area contributed by atoms with Crippen LogP contribution in [0.4, 0.5) is 0 Å². The third kappa shape index (κ3) is 6.85. The molecule has 0 spiro atoms. The molecule has 0 amide bonds. The van der Waals surface area contributed by atoms with Crippen molar-refractivity contribution in [3.05, 3.63) is 41.4 Å². The Morgan fingerprint density at radius 3 is 2.50 bits per heavy atom. The van der Waals surface area contributed by atoms with Crippen LogP contribution >= 0.6 is 35.3 Å². The maximum atomic E-state index is 5.57. The van der Waals surface area contributed by atoms with Crippen molar-refractivity contribution < 1.29 is 4.74 Å². The number of rotatable bonds is 6. The topological polar surface area (TPSA) is 58.5 Å². The number of aliphatic imine (C=N–C) groups is 1. The zero-order valence-electron chi connectivity index (χ0n) is 16.1. The Morgan fingerprint density at radius 1 is 1.23 bits per heavy atom. The standard InChI is InChI=1S/C19H28N4OS.HI/c1-19(2,3)16(24-5)12-22-18(20-4)21-11-15-13-25-17(23-15)14-9-7-6-8-10-14;/h6-10,13,16H,11-12H2,1-5H3,(H2,20,21,22);1H. The third-order valence-electron chi connectivity index (χ3n) is 3.94. The molecule has 0 radical (unpaired) electrons. The highest BCUT2D eigenvalue weighted by atomic mass is 127. The van der Waals surface area contributed by atoms with E-state index in [-0.39, 0.29) is 35.5 Å². The fourth-order valence-corrected chi connectivity index (χ4v) is 3.25. The number of hydrogen-bond donors (Lipinski definition) is 2. The number of benzene rings is 1. The Morgan fingerprint density at radius 2 is 1.92 bits per heavy atom. The summed E-state index contributed by atoms with van der Waals surface area (Å²) in [5.74, 6) is 0.751. The lowest BCUT2D eigenvalue weighted by atomic mass is 9.89. The molecule has 0 saturated heterocycles. The minimum Gasteiger partial charge on any atom is -0.379 e. The second kappa shape index (κ2) is 10.8. The average molecular weight is 488 g/mol. The van der Waals surface area contributed by atoms with Gasteiger partial charge in [-0.25, -0.2) is 4.98 Å². The van der Waals surface area contributed by atoms with Crippen LogP contribution < -0.4 is 10.6 Å². The number of ether oxygens (including phenoxy) is 1. The van der Waals surface area contributed by atoms with Crippen LogP contribution in [-0.4, -0.2) is 37.7 Å². The van der Waals surface area contributed by atoms with Crippen molar-refractivity contribution in [1.82, 2.24) is 15.6 Å². The first-order valence-electron chi connectivity index (χ1n) is 8.41. The van der Waals surface area contributed by atoms with Gasteiger partial charge in [-0.3, -0.25) is 4.99 Å². The van der Waals surface area contributed by atoms with E-state index in [9.17, 15) is 0 Å². The van der Waals surface area contributed by atoms with Crippen LogP contribution in [0.1, 0.15) is 26.5 Å². The highest BCUT2D eigenvalue weighted by molar-refractivity contribution is 14.0. The molecule has 5 nitrogen and oxygen atoms in total. The van der Waals surface area contributed by atoms with Crippen LogP contribution in [0.15, 0.2) is 40.7 Å². The molecule has 0 aliphatic rings. The molecule has 1 aromatic carbocycles. The SMILES string of the molecule is CN=C(NCc1csc(-c2ccccc2)n1)NCC(OC)C(C)(C)C.I. The second-order valence-corrected chi connectivity index (χ2v) is 7.77. The van der Waals surface area contributed by atoms with Gasteiger partial charge in [0.25, 0.3) is 0 Å². The van der Waals surface area contributed by atoms with E-state index in [2.05, 4.69) is 58.9 Å². The molecule has 0 saturated carbocycles. The molecule has 144 valence electrons. The molecule has 2 aromatic rings. The number of guanidine groups is 1. The summed E-state index contributed by atoms with van der Waals surface area (Å²) in [5, 5.41) is 9.75. The fraction of sp³-hybridized carbons (Fsp3) is 0.474. The highest BCUT2D eigenvalue weighted by Gasteiger charge is 2.24. The first-order chi connectivity index (χ1) is 11.9. The fourth-order valence-electron chi connectivity index (χ4n) is 2.43. The molecule has 0 bridgehead atoms. The maximum absolute atomic E-state index is 5.57. The van der Waals surface area contributed by atoms with Gasteiger partial charge in [-0.2, -0.15) is 0 Å². The van der Waals surface area contributed by atoms with E-state index in [1.54, 1.807) is 25.5 Å². The molecule has 0 aliphatic carbocycles. The summed E-state index contributed by atoms with van der Waals surface area (Å²) in [5.41, 5.74) is 2.22. The van der Waals surface area contributed by atoms with Crippen LogP contribution in [-0.2, 0) is 11.3 Å². The highest BCUT2D eigenvalue weighted by Crippen LogP contribution is 2.23. The summed E-state index contributed by atoms with van der Waals surface area (Å²) in [4.78, 5) is 8.96. The zero-order chi connectivity index (χ0) is 18.3. The quantitative estimate of drug-likeness (QED) is 0.365. The largest absolute Gasteiger partial charge is 0.379 e. The van der Waals surface area contributed by atoms with Gasteiger partial charge in [0.05, 0.1) is 18.3 Å². The van der Waals surface area contributed by atoms with Gasteiger partial charge in [0.1, 0.15) is 5.01 Å². The Labute approximate surface area is 177 Å². The van der Waals surface area contributed by atoms with Crippen LogP contribution in [0.25, 0.3) is 10.6 Å². The Kier molecular flexibility index (Phi) is 9.52. The Bertz CT molecular complexity index is 682. The molecule has 26 heavy (non-hydrogen) atoms. The van der Waals surface area contributed by atoms with Crippen molar-refractivity contribution in [3.8, 4) is 10.6 Å². The molecule has 1 atom stereocenters. The lowest BCUT2D eigenvalue weighted by Crippen LogP contribution is -2.45. The van der Waals surface area contributed by atoms with Gasteiger partial charge in [-0.05, 0) is 5.41 Å². The van der Waals surface area contributed by atoms with Gasteiger partial charge < -0.3 is 15.4 Å². The normalized spacial score (nSPS) is 13.0. The van der Waals surface area contributed by atoms with Gasteiger partial charge in [0, 0.05) is 31.6 Å². The Balaban J connectivity index is 0.00000338. The van der Waals surface area contributed by atoms with Gasteiger partial charge >= 0.3 is 0 Å². The van der Waals surface area contributed by atoms with Gasteiger partial charge in [0.2, 0.25) is 0 Å². The number of methoxy groups -OCH3 is 1. The maximum Gasteiger partial charge on any atom is 0.191 e. The summed E-state index contributed by atoms with van der Waals surface area (Å²) in [7, 11) is 3.51. The molecule has 7 heteroatoms. The van der Waals surface area contributed by atoms with Crippen molar-refractivity contribution in [1.29, 1.82) is 0 Å². The average Bonchev–Trinajstić information content (AvgIpc) is 3.06. The second-order valence-electron chi connectivity index (χ2n) is 6.91. The third-order valence-corrected chi connectivity index (χ3v) is 4.88. The van der Waals surface area contributed by atoms with Crippen molar-refractivity contribution in [2.75, 3.05) is 20.7 Å². The smallest absolute Gasteiger partial charge is 0.191 e. The first kappa shape index (κ1) is 22.9. The lowest BCUT2D eigenvalue weighted by molar-refractivity contribution is 0.0205. The van der Waals surface area contributed by atoms with Crippen LogP contribution in [0.3, 0.4) is 0 Å². The molecular formula is C19H29IN4OS. The van der Waals surface area contributed by atoms with Crippen molar-refractivity contribution in [3.63, 3.8) is 0 Å². The van der Waals surface area contributed by atoms with Gasteiger partial charge in [-0.15, -0.1) is 35.3 Å². The predicted molar refractivity (Wildman–Crippen MR) is 121 cm³/mol. The molecule has 1 aromatic heterocycles. The van der Waals surface area contributed by atoms with Gasteiger partial charge in [0.15, 0.2) is 5.96 Å². The summed E-state index contributed by atoms with van der Waals surface area (Å²) < 4.78 is 5.57. The molecule has 1 heterocycles. The molecule has 0 aliphatic heterocycles. The van der Waals surface area contributed by atoms with Crippen molar-refractivity contribution in [2.45, 2.75) is 33.4 Å². The first-order valence-corrected chi connectivity index (χ1v) is 9.29. The summed E-state index contributed by atoms with van der Waals surface area (Å²) in [6.45, 7) is 7.83. The van der Waals surface area contributed by atoms with E-state index in [1.165, 1.54) is 0 Å². The molecule has 2 rings (SSSR count). The zero-order valence-corrected chi connectivity index (χ0v) is 19.2. The van der Waals surface area contributed by atoms with E-state index in [1.807, 2.05) is 18.2 Å². The van der Waals surface area contributed by atoms with E-state index in [0.29, 0.717) is 13.1 Å². The number of hydrogen-bond acceptors (Lipinski definition) is 4. The minimum absolute atomic E-state index is 0.